The number of hydrogen-bond donors (Lipinski definition) is 3. The maximum Gasteiger partial charge on any atom is 0.326 e. The van der Waals surface area contributed by atoms with Crippen molar-refractivity contribution in [1.29, 1.82) is 0 Å². The molecule has 1 heterocycles. The Labute approximate surface area is 230 Å². The number of benzene rings is 2. The van der Waals surface area contributed by atoms with E-state index in [1.165, 1.54) is 0 Å². The molecular weight excluding hydrogens is 496 g/mol. The third kappa shape index (κ3) is 9.11. The van der Waals surface area contributed by atoms with Crippen molar-refractivity contribution >= 4 is 34.4 Å². The smallest absolute Gasteiger partial charge is 0.326 e. The van der Waals surface area contributed by atoms with E-state index >= 15 is 0 Å². The van der Waals surface area contributed by atoms with Crippen LogP contribution in [-0.2, 0) is 22.7 Å². The van der Waals surface area contributed by atoms with E-state index in [9.17, 15) is 14.7 Å². The SMILES string of the molecule is CC[C@H](C)[C@@H](CN(CC(=O)N[C@@H](CCSC)C(=O)O)Cc1cccc2ccccc12)NCc1cccnc1. The van der Waals surface area contributed by atoms with Gasteiger partial charge < -0.3 is 15.7 Å². The summed E-state index contributed by atoms with van der Waals surface area (Å²) in [6, 6.07) is 17.7. The topological polar surface area (TPSA) is 94.6 Å². The maximum absolute atomic E-state index is 13.1. The zero-order chi connectivity index (χ0) is 27.3. The van der Waals surface area contributed by atoms with E-state index in [0.717, 1.165) is 28.3 Å². The van der Waals surface area contributed by atoms with E-state index in [0.29, 0.717) is 37.7 Å². The van der Waals surface area contributed by atoms with Crippen LogP contribution in [0.4, 0.5) is 0 Å². The molecule has 0 aliphatic rings. The van der Waals surface area contributed by atoms with Gasteiger partial charge in [0.1, 0.15) is 6.04 Å². The molecule has 38 heavy (non-hydrogen) atoms. The summed E-state index contributed by atoms with van der Waals surface area (Å²) in [5.74, 6) is -0.221. The molecule has 0 aliphatic carbocycles. The van der Waals surface area contributed by atoms with E-state index in [-0.39, 0.29) is 18.5 Å². The summed E-state index contributed by atoms with van der Waals surface area (Å²) in [5, 5.41) is 18.4. The zero-order valence-electron chi connectivity index (χ0n) is 22.6. The Morgan fingerprint density at radius 3 is 2.61 bits per heavy atom. The van der Waals surface area contributed by atoms with Crippen LogP contribution in [0.5, 0.6) is 0 Å². The molecule has 0 unspecified atom stereocenters. The summed E-state index contributed by atoms with van der Waals surface area (Å²) >= 11 is 1.57. The van der Waals surface area contributed by atoms with E-state index in [4.69, 9.17) is 0 Å². The van der Waals surface area contributed by atoms with Gasteiger partial charge in [-0.3, -0.25) is 14.7 Å². The Bertz CT molecular complexity index is 1160. The highest BCUT2D eigenvalue weighted by Gasteiger charge is 2.24. The molecule has 3 rings (SSSR count). The van der Waals surface area contributed by atoms with Crippen LogP contribution in [-0.4, -0.2) is 64.0 Å². The first-order valence-corrected chi connectivity index (χ1v) is 14.6. The fraction of sp³-hybridized carbons (Fsp3) is 0.433. The lowest BCUT2D eigenvalue weighted by Gasteiger charge is -2.32. The van der Waals surface area contributed by atoms with Crippen LogP contribution < -0.4 is 10.6 Å². The van der Waals surface area contributed by atoms with E-state index in [1.54, 1.807) is 18.0 Å². The largest absolute Gasteiger partial charge is 0.480 e. The first-order valence-electron chi connectivity index (χ1n) is 13.2. The Balaban J connectivity index is 1.81. The second kappa shape index (κ2) is 15.5. The molecule has 3 atom stereocenters. The van der Waals surface area contributed by atoms with E-state index < -0.39 is 12.0 Å². The number of carboxylic acids is 1. The van der Waals surface area contributed by atoms with Gasteiger partial charge in [0, 0.05) is 38.1 Å². The molecule has 0 spiro atoms. The quantitative estimate of drug-likeness (QED) is 0.247. The predicted octanol–water partition coefficient (Wildman–Crippen LogP) is 4.56. The van der Waals surface area contributed by atoms with Gasteiger partial charge in [-0.2, -0.15) is 11.8 Å². The first kappa shape index (κ1) is 29.6. The molecule has 1 amide bonds. The molecule has 0 fully saturated rings. The molecule has 0 radical (unpaired) electrons. The summed E-state index contributed by atoms with van der Waals surface area (Å²) in [6.07, 6.45) is 6.95. The number of nitrogens with zero attached hydrogens (tertiary/aromatic N) is 2. The molecule has 0 aliphatic heterocycles. The average molecular weight is 537 g/mol. The lowest BCUT2D eigenvalue weighted by molar-refractivity contribution is -0.142. The van der Waals surface area contributed by atoms with Gasteiger partial charge in [0.25, 0.3) is 0 Å². The number of nitrogens with one attached hydrogen (secondary N) is 2. The standard InChI is InChI=1S/C30H40N4O3S/c1-4-22(2)28(32-18-23-9-8-15-31-17-23)20-34(21-29(35)33-27(30(36)37)14-16-38-3)19-25-12-7-11-24-10-5-6-13-26(24)25/h5-13,15,17,22,27-28,32H,4,14,16,18-21H2,1-3H3,(H,33,35)(H,36,37)/t22-,27-,28+/m0/s1. The van der Waals surface area contributed by atoms with Gasteiger partial charge >= 0.3 is 5.97 Å². The molecule has 204 valence electrons. The minimum absolute atomic E-state index is 0.119. The second-order valence-corrected chi connectivity index (χ2v) is 10.8. The highest BCUT2D eigenvalue weighted by Crippen LogP contribution is 2.21. The van der Waals surface area contributed by atoms with Crippen LogP contribution >= 0.6 is 11.8 Å². The number of carbonyl (C=O) groups excluding carboxylic acids is 1. The third-order valence-corrected chi connectivity index (χ3v) is 7.61. The van der Waals surface area contributed by atoms with Gasteiger partial charge in [0.2, 0.25) is 5.91 Å². The number of thioether (sulfide) groups is 1. The Morgan fingerprint density at radius 1 is 1.11 bits per heavy atom. The molecule has 1 aromatic heterocycles. The lowest BCUT2D eigenvalue weighted by Crippen LogP contribution is -2.49. The highest BCUT2D eigenvalue weighted by molar-refractivity contribution is 7.98. The van der Waals surface area contributed by atoms with Crippen molar-refractivity contribution in [2.75, 3.05) is 25.1 Å². The van der Waals surface area contributed by atoms with Crippen molar-refractivity contribution < 1.29 is 14.7 Å². The molecule has 2 aromatic carbocycles. The van der Waals surface area contributed by atoms with E-state index in [1.807, 2.05) is 36.7 Å². The molecule has 0 saturated carbocycles. The van der Waals surface area contributed by atoms with Crippen LogP contribution in [0, 0.1) is 5.92 Å². The van der Waals surface area contributed by atoms with Crippen LogP contribution in [0.3, 0.4) is 0 Å². The zero-order valence-corrected chi connectivity index (χ0v) is 23.4. The first-order chi connectivity index (χ1) is 18.4. The summed E-state index contributed by atoms with van der Waals surface area (Å²) in [6.45, 7) is 6.43. The molecule has 0 saturated heterocycles. The van der Waals surface area contributed by atoms with Gasteiger partial charge in [0.05, 0.1) is 6.54 Å². The van der Waals surface area contributed by atoms with Gasteiger partial charge in [-0.25, -0.2) is 4.79 Å². The number of carbonyl (C=O) groups is 2. The number of hydrogen-bond acceptors (Lipinski definition) is 6. The number of aliphatic carboxylic acids is 1. The van der Waals surface area contributed by atoms with Crippen molar-refractivity contribution in [2.45, 2.75) is 51.9 Å². The Morgan fingerprint density at radius 2 is 1.89 bits per heavy atom. The lowest BCUT2D eigenvalue weighted by atomic mass is 9.97. The van der Waals surface area contributed by atoms with Gasteiger partial charge in [-0.1, -0.05) is 68.8 Å². The minimum atomic E-state index is -0.997. The Hall–Kier alpha value is -2.94. The molecule has 7 nitrogen and oxygen atoms in total. The molecule has 3 aromatic rings. The summed E-state index contributed by atoms with van der Waals surface area (Å²) in [5.41, 5.74) is 2.25. The summed E-state index contributed by atoms with van der Waals surface area (Å²) in [7, 11) is 0. The molecule has 3 N–H and O–H groups in total. The van der Waals surface area contributed by atoms with Crippen molar-refractivity contribution in [3.05, 3.63) is 78.1 Å². The van der Waals surface area contributed by atoms with Crippen LogP contribution in [0.15, 0.2) is 67.0 Å². The maximum atomic E-state index is 13.1. The Kier molecular flexibility index (Phi) is 12.1. The number of pyridine rings is 1. The fourth-order valence-corrected chi connectivity index (χ4v) is 5.02. The third-order valence-electron chi connectivity index (χ3n) is 6.96. The van der Waals surface area contributed by atoms with Crippen LogP contribution in [0.2, 0.25) is 0 Å². The molecule has 8 heteroatoms. The van der Waals surface area contributed by atoms with E-state index in [2.05, 4.69) is 64.7 Å². The number of aromatic nitrogens is 1. The average Bonchev–Trinajstić information content (AvgIpc) is 2.93. The summed E-state index contributed by atoms with van der Waals surface area (Å²) < 4.78 is 0. The van der Waals surface area contributed by atoms with Gasteiger partial charge in [-0.15, -0.1) is 0 Å². The van der Waals surface area contributed by atoms with Gasteiger partial charge in [0.15, 0.2) is 0 Å². The van der Waals surface area contributed by atoms with Crippen molar-refractivity contribution in [3.8, 4) is 0 Å². The highest BCUT2D eigenvalue weighted by atomic mass is 32.2. The molecular formula is C30H40N4O3S. The van der Waals surface area contributed by atoms with Crippen molar-refractivity contribution in [3.63, 3.8) is 0 Å². The monoisotopic (exact) mass is 536 g/mol. The summed E-state index contributed by atoms with van der Waals surface area (Å²) in [4.78, 5) is 31.2. The number of rotatable bonds is 16. The normalized spacial score (nSPS) is 13.8. The minimum Gasteiger partial charge on any atom is -0.480 e. The van der Waals surface area contributed by atoms with Crippen LogP contribution in [0.1, 0.15) is 37.8 Å². The van der Waals surface area contributed by atoms with Gasteiger partial charge in [-0.05, 0) is 52.3 Å². The molecule has 0 bridgehead atoms. The van der Waals surface area contributed by atoms with Crippen molar-refractivity contribution in [2.24, 2.45) is 5.92 Å². The van der Waals surface area contributed by atoms with Crippen molar-refractivity contribution in [1.82, 2.24) is 20.5 Å². The fourth-order valence-electron chi connectivity index (χ4n) is 4.55. The second-order valence-electron chi connectivity index (χ2n) is 9.78. The number of fused-ring (bicyclic) bond motifs is 1. The number of carboxylic acid groups (broad SMARTS) is 1. The predicted molar refractivity (Wildman–Crippen MR) is 156 cm³/mol. The number of amides is 1. The van der Waals surface area contributed by atoms with Crippen LogP contribution in [0.25, 0.3) is 10.8 Å².